The molecule has 0 spiro atoms. The molecule has 1 unspecified atom stereocenters. The summed E-state index contributed by atoms with van der Waals surface area (Å²) >= 11 is 0. The van der Waals surface area contributed by atoms with Crippen LogP contribution < -0.4 is 21.7 Å². The van der Waals surface area contributed by atoms with E-state index in [1.165, 1.54) is 0 Å². The van der Waals surface area contributed by atoms with Crippen LogP contribution in [0.1, 0.15) is 122 Å². The normalized spacial score (nSPS) is 23.2. The van der Waals surface area contributed by atoms with E-state index < -0.39 is 53.3 Å². The number of esters is 1. The number of nitrogens with one attached hydrogen (secondary N) is 3. The Labute approximate surface area is 308 Å². The van der Waals surface area contributed by atoms with Gasteiger partial charge in [0.05, 0.1) is 6.04 Å². The summed E-state index contributed by atoms with van der Waals surface area (Å²) in [6.45, 7) is 4.42. The number of carbonyl (C=O) groups is 6. The molecule has 3 aliphatic carbocycles. The maximum atomic E-state index is 14.7. The molecular weight excluding hydrogens is 662 g/mol. The van der Waals surface area contributed by atoms with Gasteiger partial charge in [-0.15, -0.1) is 0 Å². The van der Waals surface area contributed by atoms with Crippen molar-refractivity contribution >= 4 is 35.5 Å². The van der Waals surface area contributed by atoms with E-state index in [1.807, 2.05) is 44.2 Å². The van der Waals surface area contributed by atoms with Gasteiger partial charge in [-0.3, -0.25) is 19.2 Å². The number of benzene rings is 1. The van der Waals surface area contributed by atoms with Gasteiger partial charge in [-0.1, -0.05) is 102 Å². The Hall–Kier alpha value is -3.96. The van der Waals surface area contributed by atoms with Gasteiger partial charge in [-0.2, -0.15) is 0 Å². The maximum absolute atomic E-state index is 14.7. The van der Waals surface area contributed by atoms with Crippen molar-refractivity contribution in [3.05, 3.63) is 35.9 Å². The quantitative estimate of drug-likeness (QED) is 0.150. The number of Topliss-reactive ketones (excluding diaryl/α,β-unsaturated/α-hetero) is 1. The van der Waals surface area contributed by atoms with Gasteiger partial charge in [0.25, 0.3) is 5.91 Å². The summed E-state index contributed by atoms with van der Waals surface area (Å²) in [6, 6.07) is 5.94. The molecule has 1 aromatic rings. The molecular formula is C40H59N5O7. The van der Waals surface area contributed by atoms with Crippen molar-refractivity contribution in [2.45, 2.75) is 147 Å². The topological polar surface area (TPSA) is 177 Å². The number of nitrogens with zero attached hydrogens (tertiary/aromatic N) is 1. The minimum Gasteiger partial charge on any atom is -0.459 e. The number of hydrogen-bond acceptors (Lipinski definition) is 7. The van der Waals surface area contributed by atoms with Crippen LogP contribution in [0.3, 0.4) is 0 Å². The van der Waals surface area contributed by atoms with Crippen molar-refractivity contribution in [2.75, 3.05) is 6.54 Å². The Bertz CT molecular complexity index is 1420. The van der Waals surface area contributed by atoms with Crippen LogP contribution in [0.4, 0.5) is 4.79 Å². The van der Waals surface area contributed by atoms with Crippen LogP contribution in [0.15, 0.2) is 30.3 Å². The Kier molecular flexibility index (Phi) is 13.7. The third-order valence-corrected chi connectivity index (χ3v) is 12.2. The Morgan fingerprint density at radius 2 is 1.54 bits per heavy atom. The minimum absolute atomic E-state index is 0.0475. The van der Waals surface area contributed by atoms with Crippen molar-refractivity contribution in [3.63, 3.8) is 0 Å². The molecule has 5 N–H and O–H groups in total. The number of likely N-dealkylation sites (tertiary alicyclic amines) is 1. The Morgan fingerprint density at radius 3 is 2.15 bits per heavy atom. The summed E-state index contributed by atoms with van der Waals surface area (Å²) in [5, 5.41) is 8.80. The lowest BCUT2D eigenvalue weighted by atomic mass is 9.81. The van der Waals surface area contributed by atoms with Crippen molar-refractivity contribution in [2.24, 2.45) is 29.4 Å². The predicted octanol–water partition coefficient (Wildman–Crippen LogP) is 4.67. The first-order chi connectivity index (χ1) is 25.0. The van der Waals surface area contributed by atoms with Gasteiger partial charge < -0.3 is 31.3 Å². The van der Waals surface area contributed by atoms with Gasteiger partial charge in [0.2, 0.25) is 17.6 Å². The maximum Gasteiger partial charge on any atom is 0.332 e. The van der Waals surface area contributed by atoms with Gasteiger partial charge in [-0.25, -0.2) is 9.59 Å². The third-order valence-electron chi connectivity index (χ3n) is 12.2. The highest BCUT2D eigenvalue weighted by molar-refractivity contribution is 6.37. The SMILES string of the molecule is CC(C)[C@H]1CCN(C(=O)[C@@H](NC(=O)NC2(C(=O)OCc3ccccc3)CCCCC2)C2CCCCC2)[C@@H]1C(=O)NC(CCC1CCC1)C(=O)C(N)=O. The van der Waals surface area contributed by atoms with E-state index in [0.29, 0.717) is 44.6 Å². The lowest BCUT2D eigenvalue weighted by Gasteiger charge is -2.38. The summed E-state index contributed by atoms with van der Waals surface area (Å²) in [4.78, 5) is 82.8. The molecule has 1 saturated heterocycles. The van der Waals surface area contributed by atoms with E-state index in [9.17, 15) is 28.8 Å². The number of primary amides is 1. The van der Waals surface area contributed by atoms with Gasteiger partial charge in [0.15, 0.2) is 0 Å². The zero-order valence-corrected chi connectivity index (χ0v) is 31.0. The first-order valence-corrected chi connectivity index (χ1v) is 19.7. The number of nitrogens with two attached hydrogens (primary N) is 1. The summed E-state index contributed by atoms with van der Waals surface area (Å²) in [6.07, 6.45) is 12.6. The summed E-state index contributed by atoms with van der Waals surface area (Å²) < 4.78 is 5.75. The molecule has 286 valence electrons. The highest BCUT2D eigenvalue weighted by Gasteiger charge is 2.48. The Balaban J connectivity index is 1.33. The smallest absolute Gasteiger partial charge is 0.332 e. The minimum atomic E-state index is -1.21. The second kappa shape index (κ2) is 18.2. The highest BCUT2D eigenvalue weighted by Crippen LogP contribution is 2.35. The second-order valence-corrected chi connectivity index (χ2v) is 16.0. The number of amides is 5. The molecule has 5 amide bonds. The lowest BCUT2D eigenvalue weighted by molar-refractivity contribution is -0.154. The fourth-order valence-electron chi connectivity index (χ4n) is 8.80. The van der Waals surface area contributed by atoms with Gasteiger partial charge >= 0.3 is 12.0 Å². The number of hydrogen-bond donors (Lipinski definition) is 4. The molecule has 1 heterocycles. The van der Waals surface area contributed by atoms with Crippen molar-refractivity contribution in [3.8, 4) is 0 Å². The molecule has 1 aliphatic heterocycles. The molecule has 4 fully saturated rings. The first-order valence-electron chi connectivity index (χ1n) is 19.7. The molecule has 3 saturated carbocycles. The number of ether oxygens (including phenoxy) is 1. The van der Waals surface area contributed by atoms with E-state index in [-0.39, 0.29) is 30.3 Å². The molecule has 4 aliphatic rings. The summed E-state index contributed by atoms with van der Waals surface area (Å²) in [7, 11) is 0. The van der Waals surface area contributed by atoms with E-state index in [1.54, 1.807) is 4.90 Å². The molecule has 12 heteroatoms. The van der Waals surface area contributed by atoms with Gasteiger partial charge in [-0.05, 0) is 74.2 Å². The van der Waals surface area contributed by atoms with Crippen LogP contribution in [0, 0.1) is 23.7 Å². The molecule has 12 nitrogen and oxygen atoms in total. The van der Waals surface area contributed by atoms with Crippen LogP contribution in [0.5, 0.6) is 0 Å². The van der Waals surface area contributed by atoms with Crippen LogP contribution in [-0.4, -0.2) is 70.6 Å². The predicted molar refractivity (Wildman–Crippen MR) is 195 cm³/mol. The average Bonchev–Trinajstić information content (AvgIpc) is 3.58. The number of rotatable bonds is 15. The lowest BCUT2D eigenvalue weighted by Crippen LogP contribution is -2.63. The number of carbonyl (C=O) groups excluding carboxylic acids is 6. The molecule has 4 atom stereocenters. The van der Waals surface area contributed by atoms with Crippen LogP contribution >= 0.6 is 0 Å². The van der Waals surface area contributed by atoms with E-state index in [4.69, 9.17) is 10.5 Å². The fourth-order valence-corrected chi connectivity index (χ4v) is 8.80. The molecule has 1 aromatic carbocycles. The van der Waals surface area contributed by atoms with Crippen LogP contribution in [-0.2, 0) is 35.3 Å². The zero-order chi connectivity index (χ0) is 37.3. The van der Waals surface area contributed by atoms with E-state index in [0.717, 1.165) is 76.2 Å². The van der Waals surface area contributed by atoms with Crippen LogP contribution in [0.25, 0.3) is 0 Å². The van der Waals surface area contributed by atoms with Gasteiger partial charge in [0.1, 0.15) is 24.2 Å². The largest absolute Gasteiger partial charge is 0.459 e. The average molecular weight is 722 g/mol. The first kappa shape index (κ1) is 39.3. The van der Waals surface area contributed by atoms with E-state index >= 15 is 0 Å². The molecule has 5 rings (SSSR count). The Morgan fingerprint density at radius 1 is 0.865 bits per heavy atom. The highest BCUT2D eigenvalue weighted by atomic mass is 16.5. The molecule has 0 aromatic heterocycles. The molecule has 0 radical (unpaired) electrons. The summed E-state index contributed by atoms with van der Waals surface area (Å²) in [5.74, 6) is -3.06. The second-order valence-electron chi connectivity index (χ2n) is 16.0. The fraction of sp³-hybridized carbons (Fsp3) is 0.700. The molecule has 52 heavy (non-hydrogen) atoms. The standard InChI is InChI=1S/C40H59N5O7/c1-26(2)30-21-24-45(33(30)36(48)42-31(34(46)35(41)47)20-19-27-15-12-16-27)37(49)32(29-17-8-4-9-18-29)43-39(51)44-40(22-10-5-11-23-40)38(50)52-25-28-13-6-3-7-14-28/h3,6-7,13-14,26-27,29-33H,4-5,8-12,15-25H2,1-2H3,(H2,41,47)(H,42,48)(H2,43,44,51)/t30-,31?,32+,33+/m1/s1. The van der Waals surface area contributed by atoms with Gasteiger partial charge in [0, 0.05) is 6.54 Å². The monoisotopic (exact) mass is 721 g/mol. The zero-order valence-electron chi connectivity index (χ0n) is 31.0. The van der Waals surface area contributed by atoms with Crippen molar-refractivity contribution in [1.82, 2.24) is 20.9 Å². The number of urea groups is 1. The molecule has 0 bridgehead atoms. The van der Waals surface area contributed by atoms with Crippen molar-refractivity contribution < 1.29 is 33.5 Å². The van der Waals surface area contributed by atoms with E-state index in [2.05, 4.69) is 16.0 Å². The van der Waals surface area contributed by atoms with Crippen LogP contribution in [0.2, 0.25) is 0 Å². The van der Waals surface area contributed by atoms with Crippen molar-refractivity contribution in [1.29, 1.82) is 0 Å². The summed E-state index contributed by atoms with van der Waals surface area (Å²) in [5.41, 5.74) is 5.04. The number of ketones is 1. The third kappa shape index (κ3) is 9.72.